The molecule has 5 nitrogen and oxygen atoms in total. The van der Waals surface area contributed by atoms with E-state index in [9.17, 15) is 45.4 Å². The van der Waals surface area contributed by atoms with Crippen LogP contribution < -0.4 is 10.4 Å². The number of rotatable bonds is 6. The van der Waals surface area contributed by atoms with Crippen LogP contribution in [0.25, 0.3) is 10.9 Å². The maximum Gasteiger partial charge on any atom is 0.460 e. The number of alkyl halides is 7. The zero-order chi connectivity index (χ0) is 20.6. The van der Waals surface area contributed by atoms with Crippen LogP contribution in [0, 0.1) is 0 Å². The molecule has 1 heterocycles. The molecular weight excluding hydrogens is 389 g/mol. The van der Waals surface area contributed by atoms with Crippen molar-refractivity contribution in [3.05, 3.63) is 36.0 Å². The van der Waals surface area contributed by atoms with Crippen molar-refractivity contribution >= 4 is 22.8 Å². The molecule has 0 saturated heterocycles. The van der Waals surface area contributed by atoms with Gasteiger partial charge in [0.2, 0.25) is 0 Å². The number of nitrogens with one attached hydrogen (secondary N) is 2. The average Bonchev–Trinajstić information content (AvgIpc) is 2.96. The summed E-state index contributed by atoms with van der Waals surface area (Å²) in [6, 6.07) is 4.02. The quantitative estimate of drug-likeness (QED) is 0.727. The summed E-state index contributed by atoms with van der Waals surface area (Å²) in [5.41, 5.74) is 0.704. The van der Waals surface area contributed by atoms with Crippen LogP contribution >= 0.6 is 0 Å². The van der Waals surface area contributed by atoms with Crippen molar-refractivity contribution in [1.29, 1.82) is 0 Å². The van der Waals surface area contributed by atoms with Crippen LogP contribution in [0.1, 0.15) is 5.56 Å². The standard InChI is InChI=1S/C15H11F7N2O3/c16-13(17,14(18,19)15(20,21)22)12(27)24-10(11(25)26)5-7-6-23-9-4-2-1-3-8(7)9/h1-4,6,10,23H,5H2,(H,24,27)(H,25,26)/p-1. The van der Waals surface area contributed by atoms with Crippen molar-refractivity contribution in [3.63, 3.8) is 0 Å². The number of aliphatic carboxylic acids is 1. The lowest BCUT2D eigenvalue weighted by molar-refractivity contribution is -0.344. The SMILES string of the molecule is O=C([O-])C(Cc1c[nH]c2ccccc12)NC(=O)C(F)(F)C(F)(F)C(F)(F)F. The number of benzene rings is 1. The van der Waals surface area contributed by atoms with E-state index in [1.807, 2.05) is 0 Å². The van der Waals surface area contributed by atoms with E-state index in [1.165, 1.54) is 12.3 Å². The maximum absolute atomic E-state index is 13.3. The first-order valence-electron chi connectivity index (χ1n) is 7.18. The Morgan fingerprint density at radius 2 is 1.67 bits per heavy atom. The Morgan fingerprint density at radius 1 is 1.07 bits per heavy atom. The van der Waals surface area contributed by atoms with Gasteiger partial charge in [0.1, 0.15) is 0 Å². The molecule has 0 aliphatic carbocycles. The molecule has 0 spiro atoms. The van der Waals surface area contributed by atoms with E-state index in [2.05, 4.69) is 4.98 Å². The molecule has 1 aromatic heterocycles. The monoisotopic (exact) mass is 399 g/mol. The molecular formula is C15H10F7N2O3-. The highest BCUT2D eigenvalue weighted by Gasteiger charge is 2.76. The van der Waals surface area contributed by atoms with Crippen molar-refractivity contribution < 1.29 is 45.4 Å². The highest BCUT2D eigenvalue weighted by molar-refractivity contribution is 5.89. The molecule has 0 bridgehead atoms. The number of halogens is 7. The number of carboxylic acid groups (broad SMARTS) is 1. The molecule has 1 amide bonds. The first-order chi connectivity index (χ1) is 12.3. The van der Waals surface area contributed by atoms with Crippen molar-refractivity contribution in [3.8, 4) is 0 Å². The van der Waals surface area contributed by atoms with Crippen molar-refractivity contribution in [2.75, 3.05) is 0 Å². The molecule has 0 fully saturated rings. The minimum atomic E-state index is -6.72. The Balaban J connectivity index is 2.26. The molecule has 0 aliphatic rings. The molecule has 27 heavy (non-hydrogen) atoms. The third-order valence-corrected chi connectivity index (χ3v) is 3.72. The summed E-state index contributed by atoms with van der Waals surface area (Å²) < 4.78 is 88.8. The summed E-state index contributed by atoms with van der Waals surface area (Å²) in [5, 5.41) is 12.5. The topological polar surface area (TPSA) is 85.0 Å². The Kier molecular flexibility index (Phi) is 5.12. The summed E-state index contributed by atoms with van der Waals surface area (Å²) in [7, 11) is 0. The summed E-state index contributed by atoms with van der Waals surface area (Å²) in [6.45, 7) is 0. The second kappa shape index (κ2) is 6.74. The number of carbonyl (C=O) groups is 2. The number of aromatic nitrogens is 1. The number of carbonyl (C=O) groups excluding carboxylic acids is 2. The van der Waals surface area contributed by atoms with Gasteiger partial charge in [-0.25, -0.2) is 0 Å². The van der Waals surface area contributed by atoms with Gasteiger partial charge in [-0.05, 0) is 11.6 Å². The second-order valence-corrected chi connectivity index (χ2v) is 5.56. The second-order valence-electron chi connectivity index (χ2n) is 5.56. The number of H-pyrrole nitrogens is 1. The van der Waals surface area contributed by atoms with Crippen LogP contribution in [-0.2, 0) is 16.0 Å². The average molecular weight is 399 g/mol. The Labute approximate surface area is 146 Å². The first kappa shape index (κ1) is 20.5. The molecule has 148 valence electrons. The number of carboxylic acids is 1. The van der Waals surface area contributed by atoms with E-state index in [0.717, 1.165) is 5.32 Å². The first-order valence-corrected chi connectivity index (χ1v) is 7.18. The van der Waals surface area contributed by atoms with Gasteiger partial charge in [-0.15, -0.1) is 0 Å². The largest absolute Gasteiger partial charge is 0.548 e. The van der Waals surface area contributed by atoms with Crippen molar-refractivity contribution in [2.45, 2.75) is 30.5 Å². The lowest BCUT2D eigenvalue weighted by Crippen LogP contribution is -2.62. The molecule has 1 atom stereocenters. The van der Waals surface area contributed by atoms with Gasteiger partial charge in [-0.2, -0.15) is 30.7 Å². The van der Waals surface area contributed by atoms with Gasteiger partial charge in [-0.1, -0.05) is 18.2 Å². The number of hydrogen-bond acceptors (Lipinski definition) is 3. The molecule has 0 saturated carbocycles. The van der Waals surface area contributed by atoms with Crippen LogP contribution in [-0.4, -0.2) is 40.9 Å². The number of hydrogen-bond donors (Lipinski definition) is 2. The van der Waals surface area contributed by atoms with Gasteiger partial charge >= 0.3 is 18.0 Å². The van der Waals surface area contributed by atoms with E-state index in [1.54, 1.807) is 18.2 Å². The van der Waals surface area contributed by atoms with Crippen molar-refractivity contribution in [2.24, 2.45) is 0 Å². The Morgan fingerprint density at radius 3 is 2.22 bits per heavy atom. The van der Waals surface area contributed by atoms with Crippen LogP contribution in [0.2, 0.25) is 0 Å². The number of amides is 1. The summed E-state index contributed by atoms with van der Waals surface area (Å²) in [5.74, 6) is -18.1. The third kappa shape index (κ3) is 3.69. The molecule has 1 aromatic carbocycles. The minimum absolute atomic E-state index is 0.186. The van der Waals surface area contributed by atoms with Crippen molar-refractivity contribution in [1.82, 2.24) is 10.3 Å². The smallest absolute Gasteiger partial charge is 0.460 e. The van der Waals surface area contributed by atoms with Crippen LogP contribution in [0.3, 0.4) is 0 Å². The molecule has 2 N–H and O–H groups in total. The maximum atomic E-state index is 13.3. The number of aromatic amines is 1. The van der Waals surface area contributed by atoms with E-state index in [-0.39, 0.29) is 5.56 Å². The number of fused-ring (bicyclic) bond motifs is 1. The summed E-state index contributed by atoms with van der Waals surface area (Å²) in [6.07, 6.45) is -6.14. The zero-order valence-corrected chi connectivity index (χ0v) is 13.0. The van der Waals surface area contributed by atoms with E-state index in [0.29, 0.717) is 10.9 Å². The summed E-state index contributed by atoms with van der Waals surface area (Å²) >= 11 is 0. The van der Waals surface area contributed by atoms with E-state index >= 15 is 0 Å². The predicted molar refractivity (Wildman–Crippen MR) is 74.9 cm³/mol. The summed E-state index contributed by atoms with van der Waals surface area (Å²) in [4.78, 5) is 25.1. The van der Waals surface area contributed by atoms with Crippen LogP contribution in [0.15, 0.2) is 30.5 Å². The van der Waals surface area contributed by atoms with E-state index in [4.69, 9.17) is 0 Å². The highest BCUT2D eigenvalue weighted by atomic mass is 19.4. The molecule has 0 radical (unpaired) electrons. The fraction of sp³-hybridized carbons (Fsp3) is 0.333. The van der Waals surface area contributed by atoms with E-state index < -0.39 is 42.4 Å². The van der Waals surface area contributed by atoms with Gasteiger partial charge in [0.15, 0.2) is 0 Å². The molecule has 12 heteroatoms. The fourth-order valence-corrected chi connectivity index (χ4v) is 2.28. The van der Waals surface area contributed by atoms with Crippen LogP contribution in [0.4, 0.5) is 30.7 Å². The molecule has 0 aliphatic heterocycles. The third-order valence-electron chi connectivity index (χ3n) is 3.72. The lowest BCUT2D eigenvalue weighted by Gasteiger charge is -2.29. The Hall–Kier alpha value is -2.79. The fourth-order valence-electron chi connectivity index (χ4n) is 2.28. The van der Waals surface area contributed by atoms with Gasteiger partial charge in [-0.3, -0.25) is 4.79 Å². The molecule has 1 unspecified atom stereocenters. The predicted octanol–water partition coefficient (Wildman–Crippen LogP) is 1.78. The van der Waals surface area contributed by atoms with Crippen LogP contribution in [0.5, 0.6) is 0 Å². The van der Waals surface area contributed by atoms with Gasteiger partial charge in [0.25, 0.3) is 5.91 Å². The zero-order valence-electron chi connectivity index (χ0n) is 13.0. The minimum Gasteiger partial charge on any atom is -0.548 e. The van der Waals surface area contributed by atoms with Gasteiger partial charge < -0.3 is 20.2 Å². The molecule has 2 aromatic rings. The highest BCUT2D eigenvalue weighted by Crippen LogP contribution is 2.46. The normalized spacial score (nSPS) is 14.2. The van der Waals surface area contributed by atoms with Gasteiger partial charge in [0, 0.05) is 23.5 Å². The number of para-hydroxylation sites is 1. The lowest BCUT2D eigenvalue weighted by atomic mass is 10.0. The molecule has 2 rings (SSSR count). The van der Waals surface area contributed by atoms with Gasteiger partial charge in [0.05, 0.1) is 12.0 Å². The Bertz CT molecular complexity index is 860.